The first-order valence-electron chi connectivity index (χ1n) is 7.26. The van der Waals surface area contributed by atoms with Crippen LogP contribution in [0.1, 0.15) is 29.1 Å². The van der Waals surface area contributed by atoms with Gasteiger partial charge in [-0.3, -0.25) is 9.59 Å². The van der Waals surface area contributed by atoms with Gasteiger partial charge in [-0.05, 0) is 31.9 Å². The van der Waals surface area contributed by atoms with Gasteiger partial charge in [-0.2, -0.15) is 0 Å². The highest BCUT2D eigenvalue weighted by atomic mass is 16.5. The fourth-order valence-corrected chi connectivity index (χ4v) is 2.57. The van der Waals surface area contributed by atoms with E-state index in [0.717, 1.165) is 12.1 Å². The van der Waals surface area contributed by atoms with E-state index in [2.05, 4.69) is 10.5 Å². The molecule has 0 spiro atoms. The van der Waals surface area contributed by atoms with E-state index in [0.29, 0.717) is 18.7 Å². The zero-order valence-corrected chi connectivity index (χ0v) is 12.3. The van der Waals surface area contributed by atoms with Crippen molar-refractivity contribution in [3.63, 3.8) is 0 Å². The van der Waals surface area contributed by atoms with Gasteiger partial charge in [0.05, 0.1) is 5.69 Å². The van der Waals surface area contributed by atoms with Gasteiger partial charge >= 0.3 is 0 Å². The van der Waals surface area contributed by atoms with Gasteiger partial charge in [0, 0.05) is 18.3 Å². The molecule has 1 saturated heterocycles. The van der Waals surface area contributed by atoms with Crippen LogP contribution in [0.5, 0.6) is 0 Å². The minimum atomic E-state index is -0.535. The summed E-state index contributed by atoms with van der Waals surface area (Å²) in [4.78, 5) is 26.4. The van der Waals surface area contributed by atoms with E-state index >= 15 is 0 Å². The van der Waals surface area contributed by atoms with Gasteiger partial charge < -0.3 is 14.7 Å². The van der Waals surface area contributed by atoms with Crippen LogP contribution >= 0.6 is 0 Å². The van der Waals surface area contributed by atoms with E-state index in [-0.39, 0.29) is 11.7 Å². The number of aromatic nitrogens is 1. The van der Waals surface area contributed by atoms with E-state index in [4.69, 9.17) is 4.52 Å². The number of anilines is 1. The average molecular weight is 299 g/mol. The van der Waals surface area contributed by atoms with Crippen molar-refractivity contribution in [1.82, 2.24) is 10.5 Å². The number of carbonyl (C=O) groups is 2. The van der Waals surface area contributed by atoms with Gasteiger partial charge in [0.2, 0.25) is 11.7 Å². The second-order valence-corrected chi connectivity index (χ2v) is 5.33. The monoisotopic (exact) mass is 299 g/mol. The molecule has 1 fully saturated rings. The van der Waals surface area contributed by atoms with Gasteiger partial charge in [-0.25, -0.2) is 0 Å². The molecule has 0 aliphatic carbocycles. The predicted octanol–water partition coefficient (Wildman–Crippen LogP) is 1.91. The summed E-state index contributed by atoms with van der Waals surface area (Å²) < 4.78 is 4.93. The number of nitrogens with zero attached hydrogens (tertiary/aromatic N) is 2. The third-order valence-electron chi connectivity index (χ3n) is 3.66. The minimum Gasteiger partial charge on any atom is -0.351 e. The normalized spacial score (nSPS) is 18.3. The largest absolute Gasteiger partial charge is 0.351 e. The first-order chi connectivity index (χ1) is 10.6. The Morgan fingerprint density at radius 2 is 2.14 bits per heavy atom. The van der Waals surface area contributed by atoms with Crippen LogP contribution in [0, 0.1) is 6.92 Å². The Labute approximate surface area is 128 Å². The van der Waals surface area contributed by atoms with Crippen LogP contribution in [-0.4, -0.2) is 29.6 Å². The Bertz CT molecular complexity index is 681. The summed E-state index contributed by atoms with van der Waals surface area (Å²) in [5.74, 6) is -0.377. The van der Waals surface area contributed by atoms with Gasteiger partial charge in [0.1, 0.15) is 6.04 Å². The predicted molar refractivity (Wildman–Crippen MR) is 80.5 cm³/mol. The summed E-state index contributed by atoms with van der Waals surface area (Å²) >= 11 is 0. The first kappa shape index (κ1) is 14.3. The summed E-state index contributed by atoms with van der Waals surface area (Å²) in [5, 5.41) is 6.42. The molecule has 6 nitrogen and oxygen atoms in total. The molecule has 2 amide bonds. The molecule has 0 unspecified atom stereocenters. The molecule has 6 heteroatoms. The Morgan fingerprint density at radius 1 is 1.36 bits per heavy atom. The van der Waals surface area contributed by atoms with Gasteiger partial charge in [0.15, 0.2) is 0 Å². The van der Waals surface area contributed by atoms with Crippen molar-refractivity contribution in [3.05, 3.63) is 47.9 Å². The van der Waals surface area contributed by atoms with Crippen molar-refractivity contribution in [3.8, 4) is 0 Å². The van der Waals surface area contributed by atoms with Crippen molar-refractivity contribution in [1.29, 1.82) is 0 Å². The molecule has 1 N–H and O–H groups in total. The zero-order valence-electron chi connectivity index (χ0n) is 12.3. The number of hydrogen-bond donors (Lipinski definition) is 1. The summed E-state index contributed by atoms with van der Waals surface area (Å²) in [6.07, 6.45) is 1.46. The second kappa shape index (κ2) is 6.01. The zero-order chi connectivity index (χ0) is 15.5. The minimum absolute atomic E-state index is 0.0953. The van der Waals surface area contributed by atoms with E-state index < -0.39 is 11.9 Å². The molecule has 1 aliphatic rings. The fourth-order valence-electron chi connectivity index (χ4n) is 2.57. The molecule has 2 aromatic rings. The van der Waals surface area contributed by atoms with Crippen LogP contribution in [0.25, 0.3) is 0 Å². The van der Waals surface area contributed by atoms with Crippen molar-refractivity contribution < 1.29 is 14.1 Å². The van der Waals surface area contributed by atoms with Crippen molar-refractivity contribution in [2.75, 3.05) is 11.4 Å². The molecule has 0 saturated carbocycles. The molecule has 2 heterocycles. The van der Waals surface area contributed by atoms with Crippen LogP contribution in [0.3, 0.4) is 0 Å². The number of nitrogens with one attached hydrogen (secondary N) is 1. The smallest absolute Gasteiger partial charge is 0.290 e. The Morgan fingerprint density at radius 3 is 2.82 bits per heavy atom. The maximum absolute atomic E-state index is 12.6. The molecular weight excluding hydrogens is 282 g/mol. The molecule has 1 aliphatic heterocycles. The average Bonchev–Trinajstić information content (AvgIpc) is 2.97. The van der Waals surface area contributed by atoms with Crippen LogP contribution in [-0.2, 0) is 4.79 Å². The van der Waals surface area contributed by atoms with E-state index in [1.165, 1.54) is 0 Å². The molecule has 3 rings (SSSR count). The fraction of sp³-hybridized carbons (Fsp3) is 0.312. The quantitative estimate of drug-likeness (QED) is 0.939. The lowest BCUT2D eigenvalue weighted by Gasteiger charge is -2.32. The topological polar surface area (TPSA) is 75.4 Å². The highest BCUT2D eigenvalue weighted by Gasteiger charge is 2.31. The number of piperidine rings is 1. The van der Waals surface area contributed by atoms with E-state index in [1.54, 1.807) is 17.9 Å². The van der Waals surface area contributed by atoms with Crippen molar-refractivity contribution >= 4 is 17.5 Å². The molecule has 1 atom stereocenters. The van der Waals surface area contributed by atoms with Crippen molar-refractivity contribution in [2.24, 2.45) is 0 Å². The second-order valence-electron chi connectivity index (χ2n) is 5.33. The number of rotatable bonds is 3. The van der Waals surface area contributed by atoms with Crippen molar-refractivity contribution in [2.45, 2.75) is 25.8 Å². The third-order valence-corrected chi connectivity index (χ3v) is 3.66. The molecule has 0 bridgehead atoms. The number of aryl methyl sites for hydroxylation is 1. The van der Waals surface area contributed by atoms with Gasteiger partial charge in [-0.15, -0.1) is 0 Å². The Hall–Kier alpha value is -2.63. The van der Waals surface area contributed by atoms with Gasteiger partial charge in [-0.1, -0.05) is 23.4 Å². The molecule has 0 radical (unpaired) electrons. The molecule has 1 aromatic heterocycles. The number of hydrogen-bond acceptors (Lipinski definition) is 4. The SMILES string of the molecule is Cc1cc(C(=O)N[C@H]2CCCN(c3ccccc3)C2=O)on1. The number of carbonyl (C=O) groups excluding carboxylic acids is 2. The number of amides is 2. The highest BCUT2D eigenvalue weighted by Crippen LogP contribution is 2.21. The van der Waals surface area contributed by atoms with E-state index in [1.807, 2.05) is 30.3 Å². The van der Waals surface area contributed by atoms with Crippen LogP contribution in [0.4, 0.5) is 5.69 Å². The maximum atomic E-state index is 12.6. The van der Waals surface area contributed by atoms with Gasteiger partial charge in [0.25, 0.3) is 5.91 Å². The third kappa shape index (κ3) is 2.86. The lowest BCUT2D eigenvalue weighted by Crippen LogP contribution is -2.52. The van der Waals surface area contributed by atoms with Crippen LogP contribution in [0.15, 0.2) is 40.9 Å². The molecule has 22 heavy (non-hydrogen) atoms. The Balaban J connectivity index is 1.72. The lowest BCUT2D eigenvalue weighted by atomic mass is 10.0. The summed E-state index contributed by atoms with van der Waals surface area (Å²) in [5.41, 5.74) is 1.48. The number of para-hydroxylation sites is 1. The highest BCUT2D eigenvalue weighted by molar-refractivity contribution is 6.02. The first-order valence-corrected chi connectivity index (χ1v) is 7.26. The summed E-state index contributed by atoms with van der Waals surface area (Å²) in [6, 6.07) is 10.5. The summed E-state index contributed by atoms with van der Waals surface area (Å²) in [6.45, 7) is 2.40. The summed E-state index contributed by atoms with van der Waals surface area (Å²) in [7, 11) is 0. The lowest BCUT2D eigenvalue weighted by molar-refractivity contribution is -0.121. The Kier molecular flexibility index (Phi) is 3.91. The molecular formula is C16H17N3O3. The number of benzene rings is 1. The van der Waals surface area contributed by atoms with E-state index in [9.17, 15) is 9.59 Å². The standard InChI is InChI=1S/C16H17N3O3/c1-11-10-14(22-18-11)15(20)17-13-8-5-9-19(16(13)21)12-6-3-2-4-7-12/h2-4,6-7,10,13H,5,8-9H2,1H3,(H,17,20)/t13-/m0/s1. The maximum Gasteiger partial charge on any atom is 0.290 e. The van der Waals surface area contributed by atoms with Crippen LogP contribution < -0.4 is 10.2 Å². The molecule has 1 aromatic carbocycles. The van der Waals surface area contributed by atoms with Crippen LogP contribution in [0.2, 0.25) is 0 Å². The molecule has 114 valence electrons.